The number of hydrogen-bond donors (Lipinski definition) is 1. The van der Waals surface area contributed by atoms with Crippen molar-refractivity contribution in [3.05, 3.63) is 0 Å². The second-order valence-corrected chi connectivity index (χ2v) is 5.10. The van der Waals surface area contributed by atoms with Gasteiger partial charge in [0.25, 0.3) is 0 Å². The van der Waals surface area contributed by atoms with Gasteiger partial charge in [-0.05, 0) is 45.1 Å². The minimum atomic E-state index is 0.346. The molecule has 15 heavy (non-hydrogen) atoms. The summed E-state index contributed by atoms with van der Waals surface area (Å²) in [5.74, 6) is 0.498. The topological polar surface area (TPSA) is 32.7 Å². The molecule has 0 saturated carbocycles. The van der Waals surface area contributed by atoms with Crippen molar-refractivity contribution in [2.24, 2.45) is 5.92 Å². The van der Waals surface area contributed by atoms with Crippen LogP contribution in [-0.4, -0.2) is 48.5 Å². The highest BCUT2D eigenvalue weighted by molar-refractivity contribution is 4.78. The van der Waals surface area contributed by atoms with Crippen LogP contribution in [0.15, 0.2) is 0 Å². The predicted octanol–water partition coefficient (Wildman–Crippen LogP) is 1.26. The molecule has 3 nitrogen and oxygen atoms in total. The summed E-state index contributed by atoms with van der Waals surface area (Å²) in [4.78, 5) is 2.47. The first-order valence-corrected chi connectivity index (χ1v) is 6.26. The Morgan fingerprint density at radius 1 is 1.33 bits per heavy atom. The molecule has 3 atom stereocenters. The minimum absolute atomic E-state index is 0.346. The van der Waals surface area contributed by atoms with E-state index in [1.54, 1.807) is 0 Å². The van der Waals surface area contributed by atoms with Crippen molar-refractivity contribution in [3.63, 3.8) is 0 Å². The average Bonchev–Trinajstić information content (AvgIpc) is 2.64. The molecule has 2 rings (SSSR count). The molecule has 0 spiro atoms. The highest BCUT2D eigenvalue weighted by Gasteiger charge is 2.26. The summed E-state index contributed by atoms with van der Waals surface area (Å²) in [6.45, 7) is 5.82. The molecule has 2 heterocycles. The van der Waals surface area contributed by atoms with Gasteiger partial charge in [0.1, 0.15) is 0 Å². The average molecular weight is 213 g/mol. The fraction of sp³-hybridized carbons (Fsp3) is 1.00. The highest BCUT2D eigenvalue weighted by Crippen LogP contribution is 2.22. The minimum Gasteiger partial charge on any atom is -0.396 e. The monoisotopic (exact) mass is 213 g/mol. The molecule has 0 aromatic heterocycles. The molecule has 0 amide bonds. The van der Waals surface area contributed by atoms with E-state index in [-0.39, 0.29) is 0 Å². The van der Waals surface area contributed by atoms with Crippen molar-refractivity contribution >= 4 is 0 Å². The van der Waals surface area contributed by atoms with Gasteiger partial charge < -0.3 is 14.7 Å². The van der Waals surface area contributed by atoms with Gasteiger partial charge in [0, 0.05) is 19.7 Å². The molecule has 3 unspecified atom stereocenters. The molecular weight excluding hydrogens is 190 g/mol. The van der Waals surface area contributed by atoms with Gasteiger partial charge in [0.2, 0.25) is 0 Å². The number of aliphatic hydroxyl groups is 1. The van der Waals surface area contributed by atoms with Crippen LogP contribution in [0, 0.1) is 5.92 Å². The van der Waals surface area contributed by atoms with Gasteiger partial charge in [-0.25, -0.2) is 0 Å². The SMILES string of the molecule is CC1CCC(CN2CCCC(CO)C2)O1. The molecule has 2 fully saturated rings. The van der Waals surface area contributed by atoms with E-state index in [2.05, 4.69) is 11.8 Å². The Balaban J connectivity index is 1.74. The Kier molecular flexibility index (Phi) is 4.00. The standard InChI is InChI=1S/C12H23NO2/c1-10-4-5-12(15-10)8-13-6-2-3-11(7-13)9-14/h10-12,14H,2-9H2,1H3. The van der Waals surface area contributed by atoms with E-state index in [0.717, 1.165) is 13.1 Å². The summed E-state index contributed by atoms with van der Waals surface area (Å²) in [6, 6.07) is 0. The number of nitrogens with zero attached hydrogens (tertiary/aromatic N) is 1. The Morgan fingerprint density at radius 3 is 2.87 bits per heavy atom. The maximum atomic E-state index is 9.15. The molecule has 0 aromatic carbocycles. The van der Waals surface area contributed by atoms with Crippen LogP contribution in [0.3, 0.4) is 0 Å². The summed E-state index contributed by atoms with van der Waals surface area (Å²) in [5.41, 5.74) is 0. The fourth-order valence-corrected chi connectivity index (χ4v) is 2.77. The summed E-state index contributed by atoms with van der Waals surface area (Å²) in [7, 11) is 0. The Hall–Kier alpha value is -0.120. The van der Waals surface area contributed by atoms with Gasteiger partial charge in [0.15, 0.2) is 0 Å². The van der Waals surface area contributed by atoms with Gasteiger partial charge in [0.05, 0.1) is 12.2 Å². The molecule has 2 aliphatic rings. The number of aliphatic hydroxyl groups excluding tert-OH is 1. The zero-order chi connectivity index (χ0) is 10.7. The van der Waals surface area contributed by atoms with Crippen molar-refractivity contribution in [1.29, 1.82) is 0 Å². The lowest BCUT2D eigenvalue weighted by atomic mass is 9.98. The first-order chi connectivity index (χ1) is 7.28. The number of hydrogen-bond acceptors (Lipinski definition) is 3. The van der Waals surface area contributed by atoms with Gasteiger partial charge in [-0.3, -0.25) is 0 Å². The lowest BCUT2D eigenvalue weighted by Gasteiger charge is -2.33. The Labute approximate surface area is 92.4 Å². The number of rotatable bonds is 3. The van der Waals surface area contributed by atoms with Crippen LogP contribution in [0.2, 0.25) is 0 Å². The molecule has 1 N–H and O–H groups in total. The third-order valence-corrected chi connectivity index (χ3v) is 3.64. The summed E-state index contributed by atoms with van der Waals surface area (Å²) in [6.07, 6.45) is 5.73. The summed E-state index contributed by atoms with van der Waals surface area (Å²) < 4.78 is 5.83. The number of likely N-dealkylation sites (tertiary alicyclic amines) is 1. The van der Waals surface area contributed by atoms with E-state index < -0.39 is 0 Å². The van der Waals surface area contributed by atoms with Gasteiger partial charge in [-0.1, -0.05) is 0 Å². The molecule has 0 radical (unpaired) electrons. The molecule has 0 aliphatic carbocycles. The third-order valence-electron chi connectivity index (χ3n) is 3.64. The van der Waals surface area contributed by atoms with Gasteiger partial charge in [-0.2, -0.15) is 0 Å². The van der Waals surface area contributed by atoms with Crippen LogP contribution >= 0.6 is 0 Å². The van der Waals surface area contributed by atoms with Crippen LogP contribution in [-0.2, 0) is 4.74 Å². The molecule has 0 bridgehead atoms. The van der Waals surface area contributed by atoms with Crippen molar-refractivity contribution in [2.45, 2.75) is 44.8 Å². The summed E-state index contributed by atoms with van der Waals surface area (Å²) in [5, 5.41) is 9.15. The quantitative estimate of drug-likeness (QED) is 0.766. The van der Waals surface area contributed by atoms with E-state index >= 15 is 0 Å². The summed E-state index contributed by atoms with van der Waals surface area (Å²) >= 11 is 0. The Morgan fingerprint density at radius 2 is 2.20 bits per heavy atom. The van der Waals surface area contributed by atoms with E-state index in [0.29, 0.717) is 24.7 Å². The van der Waals surface area contributed by atoms with Crippen LogP contribution in [0.5, 0.6) is 0 Å². The predicted molar refractivity (Wildman–Crippen MR) is 59.8 cm³/mol. The third kappa shape index (κ3) is 3.16. The smallest absolute Gasteiger partial charge is 0.0706 e. The van der Waals surface area contributed by atoms with Crippen molar-refractivity contribution in [2.75, 3.05) is 26.2 Å². The van der Waals surface area contributed by atoms with E-state index in [1.165, 1.54) is 32.2 Å². The number of ether oxygens (including phenoxy) is 1. The maximum Gasteiger partial charge on any atom is 0.0706 e. The van der Waals surface area contributed by atoms with Gasteiger partial charge in [-0.15, -0.1) is 0 Å². The van der Waals surface area contributed by atoms with Crippen molar-refractivity contribution in [1.82, 2.24) is 4.90 Å². The second kappa shape index (κ2) is 5.28. The maximum absolute atomic E-state index is 9.15. The second-order valence-electron chi connectivity index (χ2n) is 5.10. The molecular formula is C12H23NO2. The molecule has 3 heteroatoms. The van der Waals surface area contributed by atoms with Crippen molar-refractivity contribution < 1.29 is 9.84 Å². The zero-order valence-corrected chi connectivity index (χ0v) is 9.69. The zero-order valence-electron chi connectivity index (χ0n) is 9.69. The molecule has 2 saturated heterocycles. The van der Waals surface area contributed by atoms with Crippen LogP contribution in [0.25, 0.3) is 0 Å². The molecule has 2 aliphatic heterocycles. The van der Waals surface area contributed by atoms with Crippen molar-refractivity contribution in [3.8, 4) is 0 Å². The van der Waals surface area contributed by atoms with E-state index in [9.17, 15) is 0 Å². The van der Waals surface area contributed by atoms with Gasteiger partial charge >= 0.3 is 0 Å². The lowest BCUT2D eigenvalue weighted by Crippen LogP contribution is -2.41. The lowest BCUT2D eigenvalue weighted by molar-refractivity contribution is 0.0174. The molecule has 0 aromatic rings. The van der Waals surface area contributed by atoms with E-state index in [4.69, 9.17) is 9.84 Å². The molecule has 88 valence electrons. The van der Waals surface area contributed by atoms with Crippen LogP contribution in [0.1, 0.15) is 32.6 Å². The van der Waals surface area contributed by atoms with E-state index in [1.807, 2.05) is 0 Å². The van der Waals surface area contributed by atoms with Crippen LogP contribution < -0.4 is 0 Å². The van der Waals surface area contributed by atoms with Crippen LogP contribution in [0.4, 0.5) is 0 Å². The number of piperidine rings is 1. The largest absolute Gasteiger partial charge is 0.396 e. The first kappa shape index (κ1) is 11.4. The fourth-order valence-electron chi connectivity index (χ4n) is 2.77. The highest BCUT2D eigenvalue weighted by atomic mass is 16.5. The first-order valence-electron chi connectivity index (χ1n) is 6.26. The normalized spacial score (nSPS) is 38.4. The Bertz CT molecular complexity index is 198.